The van der Waals surface area contributed by atoms with Gasteiger partial charge in [0.1, 0.15) is 5.75 Å². The second-order valence-electron chi connectivity index (χ2n) is 6.17. The number of phenolic OH excluding ortho intramolecular Hbond substituents is 1. The van der Waals surface area contributed by atoms with Gasteiger partial charge >= 0.3 is 0 Å². The fourth-order valence-corrected chi connectivity index (χ4v) is 2.55. The van der Waals surface area contributed by atoms with E-state index in [2.05, 4.69) is 17.6 Å². The third-order valence-electron chi connectivity index (χ3n) is 4.22. The Morgan fingerprint density at radius 1 is 1.48 bits per heavy atom. The Morgan fingerprint density at radius 3 is 2.81 bits per heavy atom. The standard InChI is InChI=1S/C17H26N2O2/c1-4-5-17(21)19-14-6-7-16(20)15(9-14)12(3)18-10-13-8-11(13)2/h6-7,9,11-13,18,20H,4-5,8,10H2,1-3H3,(H,19,21). The molecule has 1 amide bonds. The van der Waals surface area contributed by atoms with E-state index in [-0.39, 0.29) is 17.7 Å². The van der Waals surface area contributed by atoms with E-state index in [0.717, 1.165) is 36.1 Å². The summed E-state index contributed by atoms with van der Waals surface area (Å²) < 4.78 is 0. The third-order valence-corrected chi connectivity index (χ3v) is 4.22. The first kappa shape index (κ1) is 15.8. The molecule has 1 aromatic carbocycles. The van der Waals surface area contributed by atoms with Gasteiger partial charge in [-0.15, -0.1) is 0 Å². The second kappa shape index (κ2) is 6.94. The minimum Gasteiger partial charge on any atom is -0.508 e. The lowest BCUT2D eigenvalue weighted by Gasteiger charge is -2.17. The van der Waals surface area contributed by atoms with E-state index in [1.165, 1.54) is 6.42 Å². The van der Waals surface area contributed by atoms with E-state index < -0.39 is 0 Å². The molecule has 3 N–H and O–H groups in total. The molecule has 1 aromatic rings. The molecule has 116 valence electrons. The number of rotatable bonds is 7. The summed E-state index contributed by atoms with van der Waals surface area (Å²) in [5.41, 5.74) is 1.58. The fraction of sp³-hybridized carbons (Fsp3) is 0.588. The summed E-state index contributed by atoms with van der Waals surface area (Å²) >= 11 is 0. The number of phenols is 1. The number of benzene rings is 1. The largest absolute Gasteiger partial charge is 0.508 e. The van der Waals surface area contributed by atoms with Crippen molar-refractivity contribution in [2.24, 2.45) is 11.8 Å². The molecule has 1 fully saturated rings. The van der Waals surface area contributed by atoms with Crippen LogP contribution >= 0.6 is 0 Å². The van der Waals surface area contributed by atoms with Crippen LogP contribution in [0.4, 0.5) is 5.69 Å². The molecular weight excluding hydrogens is 264 g/mol. The van der Waals surface area contributed by atoms with Gasteiger partial charge in [-0.05, 0) is 56.3 Å². The molecule has 0 radical (unpaired) electrons. The van der Waals surface area contributed by atoms with Crippen LogP contribution in [0.25, 0.3) is 0 Å². The Kier molecular flexibility index (Phi) is 5.23. The summed E-state index contributed by atoms with van der Waals surface area (Å²) in [7, 11) is 0. The van der Waals surface area contributed by atoms with Crippen molar-refractivity contribution in [3.05, 3.63) is 23.8 Å². The van der Waals surface area contributed by atoms with Gasteiger partial charge in [0.2, 0.25) is 5.91 Å². The first-order chi connectivity index (χ1) is 10.0. The Bertz CT molecular complexity index is 502. The Labute approximate surface area is 126 Å². The molecule has 0 bridgehead atoms. The molecule has 1 saturated carbocycles. The van der Waals surface area contributed by atoms with Crippen molar-refractivity contribution < 1.29 is 9.90 Å². The van der Waals surface area contributed by atoms with E-state index in [0.29, 0.717) is 6.42 Å². The number of aromatic hydroxyl groups is 1. The molecule has 21 heavy (non-hydrogen) atoms. The lowest BCUT2D eigenvalue weighted by Crippen LogP contribution is -2.22. The SMILES string of the molecule is CCCC(=O)Nc1ccc(O)c(C(C)NCC2CC2C)c1. The zero-order valence-corrected chi connectivity index (χ0v) is 13.1. The van der Waals surface area contributed by atoms with Crippen LogP contribution in [0.15, 0.2) is 18.2 Å². The average molecular weight is 290 g/mol. The molecule has 3 unspecified atom stereocenters. The van der Waals surface area contributed by atoms with Crippen molar-refractivity contribution >= 4 is 11.6 Å². The second-order valence-corrected chi connectivity index (χ2v) is 6.17. The zero-order valence-electron chi connectivity index (χ0n) is 13.1. The van der Waals surface area contributed by atoms with E-state index in [1.807, 2.05) is 19.9 Å². The summed E-state index contributed by atoms with van der Waals surface area (Å²) in [6, 6.07) is 5.31. The first-order valence-electron chi connectivity index (χ1n) is 7.87. The molecule has 4 nitrogen and oxygen atoms in total. The molecule has 4 heteroatoms. The van der Waals surface area contributed by atoms with Crippen LogP contribution in [0.5, 0.6) is 5.75 Å². The van der Waals surface area contributed by atoms with Gasteiger partial charge in [-0.3, -0.25) is 4.79 Å². The number of hydrogen-bond acceptors (Lipinski definition) is 3. The Morgan fingerprint density at radius 2 is 2.19 bits per heavy atom. The molecular formula is C17H26N2O2. The fourth-order valence-electron chi connectivity index (χ4n) is 2.55. The van der Waals surface area contributed by atoms with Crippen molar-refractivity contribution in [2.45, 2.75) is 46.1 Å². The highest BCUT2D eigenvalue weighted by molar-refractivity contribution is 5.90. The first-order valence-corrected chi connectivity index (χ1v) is 7.87. The molecule has 2 rings (SSSR count). The maximum atomic E-state index is 11.6. The molecule has 3 atom stereocenters. The molecule has 1 aliphatic rings. The monoisotopic (exact) mass is 290 g/mol. The van der Waals surface area contributed by atoms with Gasteiger partial charge in [-0.1, -0.05) is 13.8 Å². The topological polar surface area (TPSA) is 61.4 Å². The third kappa shape index (κ3) is 4.46. The van der Waals surface area contributed by atoms with Crippen LogP contribution < -0.4 is 10.6 Å². The predicted molar refractivity (Wildman–Crippen MR) is 85.3 cm³/mol. The predicted octanol–water partition coefficient (Wildman–Crippen LogP) is 3.44. The summed E-state index contributed by atoms with van der Waals surface area (Å²) in [5.74, 6) is 1.87. The summed E-state index contributed by atoms with van der Waals surface area (Å²) in [5, 5.41) is 16.4. The summed E-state index contributed by atoms with van der Waals surface area (Å²) in [6.45, 7) is 7.26. The number of amides is 1. The normalized spacial score (nSPS) is 21.9. The summed E-state index contributed by atoms with van der Waals surface area (Å²) in [4.78, 5) is 11.6. The quantitative estimate of drug-likeness (QED) is 0.674. The Hall–Kier alpha value is -1.55. The minimum atomic E-state index is 0.0153. The molecule has 0 spiro atoms. The number of carbonyl (C=O) groups excluding carboxylic acids is 1. The van der Waals surface area contributed by atoms with Crippen LogP contribution in [0.1, 0.15) is 51.6 Å². The van der Waals surface area contributed by atoms with Gasteiger partial charge in [0, 0.05) is 23.7 Å². The van der Waals surface area contributed by atoms with Crippen molar-refractivity contribution in [3.8, 4) is 5.75 Å². The Balaban J connectivity index is 1.98. The minimum absolute atomic E-state index is 0.0153. The number of anilines is 1. The van der Waals surface area contributed by atoms with Crippen LogP contribution in [0.2, 0.25) is 0 Å². The number of hydrogen-bond donors (Lipinski definition) is 3. The van der Waals surface area contributed by atoms with Crippen LogP contribution in [0, 0.1) is 11.8 Å². The van der Waals surface area contributed by atoms with Crippen LogP contribution in [0.3, 0.4) is 0 Å². The highest BCUT2D eigenvalue weighted by Crippen LogP contribution is 2.37. The zero-order chi connectivity index (χ0) is 15.4. The average Bonchev–Trinajstić information content (AvgIpc) is 3.14. The molecule has 0 saturated heterocycles. The highest BCUT2D eigenvalue weighted by atomic mass is 16.3. The van der Waals surface area contributed by atoms with Gasteiger partial charge in [0.25, 0.3) is 0 Å². The number of nitrogens with one attached hydrogen (secondary N) is 2. The van der Waals surface area contributed by atoms with E-state index in [4.69, 9.17) is 0 Å². The van der Waals surface area contributed by atoms with Gasteiger partial charge in [-0.2, -0.15) is 0 Å². The summed E-state index contributed by atoms with van der Waals surface area (Å²) in [6.07, 6.45) is 2.64. The molecule has 0 aromatic heterocycles. The van der Waals surface area contributed by atoms with E-state index in [1.54, 1.807) is 12.1 Å². The lowest BCUT2D eigenvalue weighted by molar-refractivity contribution is -0.116. The molecule has 1 aliphatic carbocycles. The van der Waals surface area contributed by atoms with E-state index in [9.17, 15) is 9.90 Å². The van der Waals surface area contributed by atoms with Crippen molar-refractivity contribution in [1.82, 2.24) is 5.32 Å². The number of carbonyl (C=O) groups is 1. The highest BCUT2D eigenvalue weighted by Gasteiger charge is 2.32. The van der Waals surface area contributed by atoms with Crippen LogP contribution in [-0.2, 0) is 4.79 Å². The van der Waals surface area contributed by atoms with E-state index >= 15 is 0 Å². The molecule has 0 heterocycles. The van der Waals surface area contributed by atoms with Gasteiger partial charge in [0.15, 0.2) is 0 Å². The van der Waals surface area contributed by atoms with Crippen LogP contribution in [-0.4, -0.2) is 17.6 Å². The maximum absolute atomic E-state index is 11.6. The molecule has 0 aliphatic heterocycles. The van der Waals surface area contributed by atoms with Gasteiger partial charge in [0.05, 0.1) is 0 Å². The van der Waals surface area contributed by atoms with Crippen molar-refractivity contribution in [3.63, 3.8) is 0 Å². The van der Waals surface area contributed by atoms with Crippen molar-refractivity contribution in [1.29, 1.82) is 0 Å². The van der Waals surface area contributed by atoms with Gasteiger partial charge in [-0.25, -0.2) is 0 Å². The van der Waals surface area contributed by atoms with Gasteiger partial charge < -0.3 is 15.7 Å². The smallest absolute Gasteiger partial charge is 0.224 e. The lowest BCUT2D eigenvalue weighted by atomic mass is 10.1. The maximum Gasteiger partial charge on any atom is 0.224 e. The van der Waals surface area contributed by atoms with Crippen molar-refractivity contribution in [2.75, 3.05) is 11.9 Å².